The largest absolute Gasteiger partial charge is 0.508 e. The highest BCUT2D eigenvalue weighted by Gasteiger charge is 2.26. The third kappa shape index (κ3) is 5.95. The van der Waals surface area contributed by atoms with Crippen LogP contribution < -0.4 is 5.32 Å². The Bertz CT molecular complexity index is 803. The first-order valence-corrected chi connectivity index (χ1v) is 8.36. The molecular weight excluding hydrogens is 350 g/mol. The summed E-state index contributed by atoms with van der Waals surface area (Å²) in [5, 5.41) is 12.4. The van der Waals surface area contributed by atoms with E-state index in [0.29, 0.717) is 17.0 Å². The van der Waals surface area contributed by atoms with Crippen molar-refractivity contribution in [3.05, 3.63) is 42.2 Å². The highest BCUT2D eigenvalue weighted by atomic mass is 16.6. The SMILES string of the molecule is COC(=O)[C@H](Cc1ccc(O)cc1-c1ncccn1)NC(=O)OC(C)(C)C. The molecule has 1 aromatic carbocycles. The maximum absolute atomic E-state index is 12.2. The maximum atomic E-state index is 12.2. The summed E-state index contributed by atoms with van der Waals surface area (Å²) in [5.41, 5.74) is 0.507. The second-order valence-corrected chi connectivity index (χ2v) is 6.84. The van der Waals surface area contributed by atoms with Gasteiger partial charge in [0, 0.05) is 24.4 Å². The van der Waals surface area contributed by atoms with Crippen molar-refractivity contribution >= 4 is 12.1 Å². The Morgan fingerprint density at radius 2 is 1.89 bits per heavy atom. The van der Waals surface area contributed by atoms with Crippen molar-refractivity contribution < 1.29 is 24.2 Å². The fourth-order valence-corrected chi connectivity index (χ4v) is 2.39. The van der Waals surface area contributed by atoms with Crippen molar-refractivity contribution in [2.24, 2.45) is 0 Å². The average molecular weight is 373 g/mol. The predicted molar refractivity (Wildman–Crippen MR) is 98.0 cm³/mol. The molecular formula is C19H23N3O5. The summed E-state index contributed by atoms with van der Waals surface area (Å²) in [5.74, 6) is -0.186. The zero-order chi connectivity index (χ0) is 20.0. The second kappa shape index (κ2) is 8.48. The van der Waals surface area contributed by atoms with E-state index in [1.165, 1.54) is 19.2 Å². The summed E-state index contributed by atoms with van der Waals surface area (Å²) in [6, 6.07) is 5.34. The Hall–Kier alpha value is -3.16. The molecule has 0 aliphatic heterocycles. The number of methoxy groups -OCH3 is 1. The lowest BCUT2D eigenvalue weighted by Crippen LogP contribution is -2.45. The molecule has 1 atom stereocenters. The van der Waals surface area contributed by atoms with Crippen LogP contribution in [0.25, 0.3) is 11.4 Å². The number of aromatic nitrogens is 2. The highest BCUT2D eigenvalue weighted by molar-refractivity contribution is 5.82. The van der Waals surface area contributed by atoms with Crippen LogP contribution in [0, 0.1) is 0 Å². The molecule has 1 amide bonds. The van der Waals surface area contributed by atoms with Gasteiger partial charge in [-0.3, -0.25) is 0 Å². The van der Waals surface area contributed by atoms with E-state index in [0.717, 1.165) is 0 Å². The third-order valence-electron chi connectivity index (χ3n) is 3.50. The highest BCUT2D eigenvalue weighted by Crippen LogP contribution is 2.26. The number of carbonyl (C=O) groups excluding carboxylic acids is 2. The predicted octanol–water partition coefficient (Wildman–Crippen LogP) is 2.46. The molecule has 8 heteroatoms. The van der Waals surface area contributed by atoms with Gasteiger partial charge in [0.05, 0.1) is 7.11 Å². The summed E-state index contributed by atoms with van der Waals surface area (Å²) in [6.07, 6.45) is 2.54. The number of hydrogen-bond donors (Lipinski definition) is 2. The maximum Gasteiger partial charge on any atom is 0.408 e. The minimum absolute atomic E-state index is 0.0379. The number of phenolic OH excluding ortho intramolecular Hbond substituents is 1. The normalized spacial score (nSPS) is 12.1. The van der Waals surface area contributed by atoms with Gasteiger partial charge in [0.25, 0.3) is 0 Å². The first kappa shape index (κ1) is 20.2. The molecule has 0 bridgehead atoms. The Balaban J connectivity index is 2.30. The minimum Gasteiger partial charge on any atom is -0.508 e. The van der Waals surface area contributed by atoms with Gasteiger partial charge in [-0.05, 0) is 44.5 Å². The average Bonchev–Trinajstić information content (AvgIpc) is 2.61. The molecule has 0 spiro atoms. The zero-order valence-corrected chi connectivity index (χ0v) is 15.7. The first-order chi connectivity index (χ1) is 12.7. The van der Waals surface area contributed by atoms with Crippen molar-refractivity contribution in [3.63, 3.8) is 0 Å². The van der Waals surface area contributed by atoms with Gasteiger partial charge in [0.1, 0.15) is 17.4 Å². The number of carbonyl (C=O) groups is 2. The summed E-state index contributed by atoms with van der Waals surface area (Å²) in [4.78, 5) is 32.6. The van der Waals surface area contributed by atoms with Crippen LogP contribution >= 0.6 is 0 Å². The molecule has 0 radical (unpaired) electrons. The number of alkyl carbamates (subject to hydrolysis) is 1. The Morgan fingerprint density at radius 3 is 2.48 bits per heavy atom. The number of phenols is 1. The van der Waals surface area contributed by atoms with Gasteiger partial charge in [-0.2, -0.15) is 0 Å². The van der Waals surface area contributed by atoms with E-state index >= 15 is 0 Å². The quantitative estimate of drug-likeness (QED) is 0.775. The van der Waals surface area contributed by atoms with E-state index in [2.05, 4.69) is 15.3 Å². The van der Waals surface area contributed by atoms with Gasteiger partial charge in [0.2, 0.25) is 0 Å². The van der Waals surface area contributed by atoms with Crippen molar-refractivity contribution in [1.82, 2.24) is 15.3 Å². The van der Waals surface area contributed by atoms with Gasteiger partial charge in [-0.25, -0.2) is 19.6 Å². The lowest BCUT2D eigenvalue weighted by Gasteiger charge is -2.23. The summed E-state index contributed by atoms with van der Waals surface area (Å²) in [7, 11) is 1.24. The molecule has 144 valence electrons. The molecule has 0 fully saturated rings. The van der Waals surface area contributed by atoms with Gasteiger partial charge in [-0.1, -0.05) is 6.07 Å². The molecule has 2 N–H and O–H groups in total. The molecule has 1 heterocycles. The minimum atomic E-state index is -0.975. The molecule has 0 saturated heterocycles. The summed E-state index contributed by atoms with van der Waals surface area (Å²) < 4.78 is 10.0. The molecule has 0 aliphatic carbocycles. The standard InChI is InChI=1S/C19H23N3O5/c1-19(2,3)27-18(25)22-15(17(24)26-4)10-12-6-7-13(23)11-14(12)16-20-8-5-9-21-16/h5-9,11,15,23H,10H2,1-4H3,(H,22,25)/t15-/m0/s1. The number of ether oxygens (including phenoxy) is 2. The molecule has 0 unspecified atom stereocenters. The summed E-state index contributed by atoms with van der Waals surface area (Å²) >= 11 is 0. The van der Waals surface area contributed by atoms with E-state index in [-0.39, 0.29) is 12.2 Å². The topological polar surface area (TPSA) is 111 Å². The van der Waals surface area contributed by atoms with Gasteiger partial charge < -0.3 is 19.9 Å². The molecule has 1 aromatic heterocycles. The monoisotopic (exact) mass is 373 g/mol. The summed E-state index contributed by atoms with van der Waals surface area (Å²) in [6.45, 7) is 5.18. The third-order valence-corrected chi connectivity index (χ3v) is 3.50. The number of hydrogen-bond acceptors (Lipinski definition) is 7. The molecule has 2 rings (SSSR count). The number of benzene rings is 1. The van der Waals surface area contributed by atoms with Gasteiger partial charge in [0.15, 0.2) is 5.82 Å². The Kier molecular flexibility index (Phi) is 6.33. The Labute approximate surface area is 157 Å². The second-order valence-electron chi connectivity index (χ2n) is 6.84. The number of rotatable bonds is 5. The van der Waals surface area contributed by atoms with Crippen LogP contribution in [-0.4, -0.2) is 45.9 Å². The van der Waals surface area contributed by atoms with Crippen LogP contribution in [0.15, 0.2) is 36.7 Å². The lowest BCUT2D eigenvalue weighted by molar-refractivity contribution is -0.143. The van der Waals surface area contributed by atoms with Gasteiger partial charge >= 0.3 is 12.1 Å². The van der Waals surface area contributed by atoms with E-state index < -0.39 is 23.7 Å². The van der Waals surface area contributed by atoms with Crippen LogP contribution in [0.3, 0.4) is 0 Å². The van der Waals surface area contributed by atoms with Crippen LogP contribution in [-0.2, 0) is 20.7 Å². The van der Waals surface area contributed by atoms with E-state index in [1.54, 1.807) is 45.3 Å². The van der Waals surface area contributed by atoms with Gasteiger partial charge in [-0.15, -0.1) is 0 Å². The van der Waals surface area contributed by atoms with Crippen molar-refractivity contribution in [2.45, 2.75) is 38.8 Å². The molecule has 27 heavy (non-hydrogen) atoms. The van der Waals surface area contributed by atoms with E-state index in [9.17, 15) is 14.7 Å². The fraction of sp³-hybridized carbons (Fsp3) is 0.368. The van der Waals surface area contributed by atoms with Crippen molar-refractivity contribution in [1.29, 1.82) is 0 Å². The number of nitrogens with zero attached hydrogens (tertiary/aromatic N) is 2. The molecule has 0 aliphatic rings. The number of amides is 1. The molecule has 2 aromatic rings. The molecule has 0 saturated carbocycles. The number of aromatic hydroxyl groups is 1. The number of esters is 1. The number of nitrogens with one attached hydrogen (secondary N) is 1. The Morgan fingerprint density at radius 1 is 1.22 bits per heavy atom. The van der Waals surface area contributed by atoms with Crippen molar-refractivity contribution in [2.75, 3.05) is 7.11 Å². The first-order valence-electron chi connectivity index (χ1n) is 8.36. The lowest BCUT2D eigenvalue weighted by atomic mass is 9.99. The zero-order valence-electron chi connectivity index (χ0n) is 15.7. The van der Waals surface area contributed by atoms with Crippen molar-refractivity contribution in [3.8, 4) is 17.1 Å². The van der Waals surface area contributed by atoms with Crippen LogP contribution in [0.1, 0.15) is 26.3 Å². The van der Waals surface area contributed by atoms with Crippen LogP contribution in [0.2, 0.25) is 0 Å². The van der Waals surface area contributed by atoms with E-state index in [4.69, 9.17) is 9.47 Å². The van der Waals surface area contributed by atoms with Crippen LogP contribution in [0.4, 0.5) is 4.79 Å². The molecule has 8 nitrogen and oxygen atoms in total. The van der Waals surface area contributed by atoms with E-state index in [1.807, 2.05) is 0 Å². The van der Waals surface area contributed by atoms with Crippen LogP contribution in [0.5, 0.6) is 5.75 Å². The fourth-order valence-electron chi connectivity index (χ4n) is 2.39. The smallest absolute Gasteiger partial charge is 0.408 e.